The molecule has 0 aromatic heterocycles. The summed E-state index contributed by atoms with van der Waals surface area (Å²) in [7, 11) is 0. The maximum Gasteiger partial charge on any atom is 0.409 e. The molecule has 0 saturated carbocycles. The number of benzene rings is 2. The van der Waals surface area contributed by atoms with Gasteiger partial charge in [-0.2, -0.15) is 0 Å². The number of non-ortho nitro benzene ring substituents is 1. The first kappa shape index (κ1) is 23.5. The lowest BCUT2D eigenvalue weighted by Crippen LogP contribution is -2.50. The first-order valence-corrected chi connectivity index (χ1v) is 10.4. The van der Waals surface area contributed by atoms with E-state index in [0.29, 0.717) is 49.6 Å². The first-order chi connectivity index (χ1) is 15.9. The quantitative estimate of drug-likeness (QED) is 0.408. The van der Waals surface area contributed by atoms with Crippen LogP contribution >= 0.6 is 0 Å². The molecular weight excluding hydrogens is 428 g/mol. The minimum Gasteiger partial charge on any atom is -0.450 e. The van der Waals surface area contributed by atoms with E-state index in [1.807, 2.05) is 0 Å². The number of carbonyl (C=O) groups is 3. The van der Waals surface area contributed by atoms with Gasteiger partial charge in [0.15, 0.2) is 0 Å². The predicted octanol–water partition coefficient (Wildman–Crippen LogP) is 3.16. The number of ether oxygens (including phenoxy) is 1. The zero-order valence-corrected chi connectivity index (χ0v) is 18.1. The highest BCUT2D eigenvalue weighted by atomic mass is 16.6. The summed E-state index contributed by atoms with van der Waals surface area (Å²) in [5.74, 6) is -0.731. The van der Waals surface area contributed by atoms with Crippen LogP contribution in [-0.4, -0.2) is 65.4 Å². The third-order valence-corrected chi connectivity index (χ3v) is 5.02. The molecule has 0 radical (unpaired) electrons. The van der Waals surface area contributed by atoms with Crippen molar-refractivity contribution in [3.05, 3.63) is 75.8 Å². The molecule has 1 aliphatic heterocycles. The number of nitrogens with zero attached hydrogens (tertiary/aromatic N) is 3. The summed E-state index contributed by atoms with van der Waals surface area (Å²) in [5, 5.41) is 13.6. The lowest BCUT2D eigenvalue weighted by atomic mass is 10.1. The highest BCUT2D eigenvalue weighted by molar-refractivity contribution is 6.07. The predicted molar refractivity (Wildman–Crippen MR) is 122 cm³/mol. The standard InChI is InChI=1S/C23H24N4O6/c1-2-33-23(30)26-14-12-25(13-15-26)22(29)19-8-3-4-9-20(19)24-21(28)11-10-17-6-5-7-18(16-17)27(31)32/h3-11,16H,2,12-15H2,1H3,(H,24,28)/b11-10+. The van der Waals surface area contributed by atoms with Gasteiger partial charge in [-0.3, -0.25) is 19.7 Å². The van der Waals surface area contributed by atoms with E-state index in [4.69, 9.17) is 4.74 Å². The van der Waals surface area contributed by atoms with Gasteiger partial charge in [0, 0.05) is 44.4 Å². The Balaban J connectivity index is 1.65. The van der Waals surface area contributed by atoms with Crippen molar-refractivity contribution in [2.24, 2.45) is 0 Å². The van der Waals surface area contributed by atoms with E-state index in [2.05, 4.69) is 5.32 Å². The minimum absolute atomic E-state index is 0.0726. The zero-order chi connectivity index (χ0) is 23.8. The monoisotopic (exact) mass is 452 g/mol. The number of carbonyl (C=O) groups excluding carboxylic acids is 3. The number of anilines is 1. The summed E-state index contributed by atoms with van der Waals surface area (Å²) in [6.45, 7) is 3.47. The Kier molecular flexibility index (Phi) is 7.74. The SMILES string of the molecule is CCOC(=O)N1CCN(C(=O)c2ccccc2NC(=O)/C=C/c2cccc([N+](=O)[O-])c2)CC1. The summed E-state index contributed by atoms with van der Waals surface area (Å²) < 4.78 is 4.99. The van der Waals surface area contributed by atoms with Crippen molar-refractivity contribution in [1.82, 2.24) is 9.80 Å². The maximum absolute atomic E-state index is 13.0. The maximum atomic E-state index is 13.0. The molecule has 172 valence electrons. The highest BCUT2D eigenvalue weighted by Crippen LogP contribution is 2.19. The molecule has 0 spiro atoms. The largest absolute Gasteiger partial charge is 0.450 e. The van der Waals surface area contributed by atoms with Crippen LogP contribution in [0.25, 0.3) is 6.08 Å². The van der Waals surface area contributed by atoms with Gasteiger partial charge < -0.3 is 19.9 Å². The Bertz CT molecular complexity index is 1080. The molecule has 3 amide bonds. The van der Waals surface area contributed by atoms with E-state index in [0.717, 1.165) is 0 Å². The van der Waals surface area contributed by atoms with Crippen LogP contribution in [0.15, 0.2) is 54.6 Å². The molecule has 0 unspecified atom stereocenters. The van der Waals surface area contributed by atoms with Crippen molar-refractivity contribution in [1.29, 1.82) is 0 Å². The summed E-state index contributed by atoms with van der Waals surface area (Å²) in [6.07, 6.45) is 2.31. The van der Waals surface area contributed by atoms with Gasteiger partial charge in [0.25, 0.3) is 11.6 Å². The van der Waals surface area contributed by atoms with Gasteiger partial charge in [-0.15, -0.1) is 0 Å². The molecule has 1 N–H and O–H groups in total. The number of nitrogens with one attached hydrogen (secondary N) is 1. The fraction of sp³-hybridized carbons (Fsp3) is 0.261. The molecule has 1 saturated heterocycles. The third-order valence-electron chi connectivity index (χ3n) is 5.02. The Morgan fingerprint density at radius 1 is 1.06 bits per heavy atom. The van der Waals surface area contributed by atoms with Gasteiger partial charge in [0.2, 0.25) is 5.91 Å². The van der Waals surface area contributed by atoms with Crippen molar-refractivity contribution >= 4 is 35.4 Å². The molecule has 2 aromatic rings. The Morgan fingerprint density at radius 2 is 1.76 bits per heavy atom. The van der Waals surface area contributed by atoms with Crippen LogP contribution in [0, 0.1) is 10.1 Å². The van der Waals surface area contributed by atoms with Gasteiger partial charge >= 0.3 is 6.09 Å². The van der Waals surface area contributed by atoms with Crippen LogP contribution < -0.4 is 5.32 Å². The summed E-state index contributed by atoms with van der Waals surface area (Å²) in [5.41, 5.74) is 1.11. The second kappa shape index (κ2) is 10.9. The fourth-order valence-electron chi connectivity index (χ4n) is 3.34. The second-order valence-electron chi connectivity index (χ2n) is 7.20. The summed E-state index contributed by atoms with van der Waals surface area (Å²) >= 11 is 0. The van der Waals surface area contributed by atoms with Crippen LogP contribution in [0.4, 0.5) is 16.2 Å². The molecule has 0 atom stereocenters. The van der Waals surface area contributed by atoms with Gasteiger partial charge in [0.05, 0.1) is 22.8 Å². The normalized spacial score (nSPS) is 13.6. The fourth-order valence-corrected chi connectivity index (χ4v) is 3.34. The molecule has 2 aromatic carbocycles. The number of nitro groups is 1. The molecule has 0 aliphatic carbocycles. The average molecular weight is 452 g/mol. The van der Waals surface area contributed by atoms with Crippen molar-refractivity contribution in [2.45, 2.75) is 6.92 Å². The van der Waals surface area contributed by atoms with E-state index in [1.54, 1.807) is 47.1 Å². The molecule has 10 nitrogen and oxygen atoms in total. The Labute approximate surface area is 190 Å². The lowest BCUT2D eigenvalue weighted by Gasteiger charge is -2.34. The Hall–Kier alpha value is -4.21. The number of para-hydroxylation sites is 1. The van der Waals surface area contributed by atoms with Gasteiger partial charge in [-0.25, -0.2) is 4.79 Å². The molecule has 10 heteroatoms. The van der Waals surface area contributed by atoms with Crippen LogP contribution in [-0.2, 0) is 9.53 Å². The molecule has 3 rings (SSSR count). The molecular formula is C23H24N4O6. The van der Waals surface area contributed by atoms with Crippen molar-refractivity contribution in [3.8, 4) is 0 Å². The number of nitro benzene ring substituents is 1. The van der Waals surface area contributed by atoms with Crippen molar-refractivity contribution in [3.63, 3.8) is 0 Å². The Morgan fingerprint density at radius 3 is 2.45 bits per heavy atom. The number of hydrogen-bond donors (Lipinski definition) is 1. The van der Waals surface area contributed by atoms with Gasteiger partial charge in [0.1, 0.15) is 0 Å². The smallest absolute Gasteiger partial charge is 0.409 e. The average Bonchev–Trinajstić information content (AvgIpc) is 2.83. The van der Waals surface area contributed by atoms with Crippen LogP contribution in [0.2, 0.25) is 0 Å². The lowest BCUT2D eigenvalue weighted by molar-refractivity contribution is -0.384. The van der Waals surface area contributed by atoms with Crippen LogP contribution in [0.3, 0.4) is 0 Å². The van der Waals surface area contributed by atoms with Crippen molar-refractivity contribution < 1.29 is 24.0 Å². The molecule has 1 heterocycles. The number of hydrogen-bond acceptors (Lipinski definition) is 6. The second-order valence-corrected chi connectivity index (χ2v) is 7.20. The minimum atomic E-state index is -0.508. The van der Waals surface area contributed by atoms with E-state index in [1.165, 1.54) is 30.4 Å². The number of amides is 3. The highest BCUT2D eigenvalue weighted by Gasteiger charge is 2.26. The van der Waals surface area contributed by atoms with Crippen LogP contribution in [0.5, 0.6) is 0 Å². The third kappa shape index (κ3) is 6.16. The molecule has 1 aliphatic rings. The molecule has 0 bridgehead atoms. The molecule has 33 heavy (non-hydrogen) atoms. The number of rotatable bonds is 6. The van der Waals surface area contributed by atoms with E-state index >= 15 is 0 Å². The van der Waals surface area contributed by atoms with Gasteiger partial charge in [-0.05, 0) is 30.7 Å². The number of piperazine rings is 1. The topological polar surface area (TPSA) is 122 Å². The van der Waals surface area contributed by atoms with E-state index in [9.17, 15) is 24.5 Å². The summed E-state index contributed by atoms with van der Waals surface area (Å²) in [6, 6.07) is 12.6. The van der Waals surface area contributed by atoms with E-state index < -0.39 is 16.9 Å². The first-order valence-electron chi connectivity index (χ1n) is 10.4. The summed E-state index contributed by atoms with van der Waals surface area (Å²) in [4.78, 5) is 50.9. The van der Waals surface area contributed by atoms with Crippen LogP contribution in [0.1, 0.15) is 22.8 Å². The zero-order valence-electron chi connectivity index (χ0n) is 18.1. The van der Waals surface area contributed by atoms with E-state index in [-0.39, 0.29) is 11.6 Å². The van der Waals surface area contributed by atoms with Crippen molar-refractivity contribution in [2.75, 3.05) is 38.1 Å². The van der Waals surface area contributed by atoms with Gasteiger partial charge in [-0.1, -0.05) is 24.3 Å². The molecule has 1 fully saturated rings.